The van der Waals surface area contributed by atoms with Gasteiger partial charge >= 0.3 is 5.97 Å². The summed E-state index contributed by atoms with van der Waals surface area (Å²) in [7, 11) is 0. The molecule has 9 aromatic carbocycles. The molecular weight excluding hydrogens is 977 g/mol. The van der Waals surface area contributed by atoms with Crippen LogP contribution in [-0.4, -0.2) is 47.7 Å². The summed E-state index contributed by atoms with van der Waals surface area (Å²) in [5.41, 5.74) is 18.8. The van der Waals surface area contributed by atoms with Gasteiger partial charge in [-0.25, -0.2) is 4.79 Å². The highest BCUT2D eigenvalue weighted by atomic mass is 16.5. The molecule has 0 saturated heterocycles. The van der Waals surface area contributed by atoms with E-state index in [1.54, 1.807) is 42.5 Å². The van der Waals surface area contributed by atoms with Crippen LogP contribution in [0.1, 0.15) is 159 Å². The minimum Gasteiger partial charge on any atom is -0.478 e. The Morgan fingerprint density at radius 2 is 1.03 bits per heavy atom. The van der Waals surface area contributed by atoms with Crippen LogP contribution in [0.2, 0.25) is 0 Å². The van der Waals surface area contributed by atoms with E-state index >= 15 is 4.79 Å². The monoisotopic (exact) mass is 1040 g/mol. The molecule has 9 N–H and O–H groups in total. The summed E-state index contributed by atoms with van der Waals surface area (Å²) in [6, 6.07) is 35.1. The third-order valence-corrected chi connectivity index (χ3v) is 15.0. The maximum Gasteiger partial charge on any atom is 0.340 e. The van der Waals surface area contributed by atoms with Crippen LogP contribution in [-0.2, 0) is 12.8 Å². The minimum atomic E-state index is -1.43. The van der Waals surface area contributed by atoms with E-state index in [4.69, 9.17) is 20.9 Å². The topological polar surface area (TPSA) is 219 Å². The average Bonchev–Trinajstić information content (AvgIpc) is 2.44. The molecule has 0 spiro atoms. The number of carboxylic acid groups (broad SMARTS) is 1. The smallest absolute Gasteiger partial charge is 0.340 e. The summed E-state index contributed by atoms with van der Waals surface area (Å²) in [4.78, 5) is 58.5. The second-order valence-electron chi connectivity index (χ2n) is 21.4. The molecule has 9 aromatic rings. The number of carbonyl (C=O) groups is 4. The zero-order valence-electron chi connectivity index (χ0n) is 45.2. The first-order chi connectivity index (χ1) is 37.4. The van der Waals surface area contributed by atoms with Crippen molar-refractivity contribution in [2.24, 2.45) is 11.5 Å². The first-order valence-electron chi connectivity index (χ1n) is 26.7. The van der Waals surface area contributed by atoms with Crippen LogP contribution in [0.4, 0.5) is 11.4 Å². The number of aromatic carboxylic acids is 1. The van der Waals surface area contributed by atoms with Gasteiger partial charge in [-0.2, -0.15) is 0 Å². The number of amidine groups is 1. The van der Waals surface area contributed by atoms with Crippen LogP contribution in [0.25, 0.3) is 43.1 Å². The number of nitrogens with one attached hydrogen (secondary N) is 4. The summed E-state index contributed by atoms with van der Waals surface area (Å²) in [6.07, 6.45) is 1.24. The Hall–Kier alpha value is -8.65. The van der Waals surface area contributed by atoms with E-state index in [2.05, 4.69) is 71.3 Å². The van der Waals surface area contributed by atoms with Gasteiger partial charge in [0.05, 0.1) is 5.56 Å². The molecule has 0 aromatic heterocycles. The molecule has 78 heavy (non-hydrogen) atoms. The number of para-hydroxylation sites is 2. The van der Waals surface area contributed by atoms with E-state index in [1.807, 2.05) is 72.8 Å². The van der Waals surface area contributed by atoms with Gasteiger partial charge in [0.1, 0.15) is 28.6 Å². The fourth-order valence-electron chi connectivity index (χ4n) is 11.3. The van der Waals surface area contributed by atoms with Gasteiger partial charge in [0.25, 0.3) is 17.7 Å². The lowest BCUT2D eigenvalue weighted by Gasteiger charge is -2.27. The maximum atomic E-state index is 15.8. The van der Waals surface area contributed by atoms with E-state index in [-0.39, 0.29) is 74.0 Å². The largest absolute Gasteiger partial charge is 0.478 e. The Morgan fingerprint density at radius 1 is 0.551 bits per heavy atom. The number of rotatable bonds is 17. The average molecular weight is 1040 g/mol. The van der Waals surface area contributed by atoms with Gasteiger partial charge in [-0.05, 0) is 136 Å². The number of hydrogen-bond donors (Lipinski definition) is 7. The van der Waals surface area contributed by atoms with E-state index in [0.29, 0.717) is 81.1 Å². The quantitative estimate of drug-likeness (QED) is 0.0150. The van der Waals surface area contributed by atoms with Crippen molar-refractivity contribution >= 4 is 84.0 Å². The number of ether oxygens (including phenoxy) is 2. The van der Waals surface area contributed by atoms with Crippen molar-refractivity contribution in [1.29, 1.82) is 5.41 Å². The summed E-state index contributed by atoms with van der Waals surface area (Å²) < 4.78 is 13.9. The van der Waals surface area contributed by atoms with E-state index in [0.717, 1.165) is 33.4 Å². The van der Waals surface area contributed by atoms with Crippen molar-refractivity contribution in [3.05, 3.63) is 176 Å². The van der Waals surface area contributed by atoms with Crippen LogP contribution >= 0.6 is 0 Å². The summed E-state index contributed by atoms with van der Waals surface area (Å²) in [5, 5.41) is 34.6. The second kappa shape index (κ2) is 21.1. The van der Waals surface area contributed by atoms with Gasteiger partial charge in [-0.1, -0.05) is 128 Å². The first kappa shape index (κ1) is 52.8. The van der Waals surface area contributed by atoms with Crippen LogP contribution in [0.15, 0.2) is 115 Å². The Morgan fingerprint density at radius 3 is 1.54 bits per heavy atom. The molecular formula is C65H64N6O7. The van der Waals surface area contributed by atoms with Gasteiger partial charge in [-0.3, -0.25) is 25.1 Å². The second-order valence-corrected chi connectivity index (χ2v) is 21.4. The molecule has 1 aliphatic heterocycles. The third-order valence-electron chi connectivity index (χ3n) is 15.0. The Bertz CT molecular complexity index is 3860. The molecule has 396 valence electrons. The van der Waals surface area contributed by atoms with Crippen LogP contribution in [0.3, 0.4) is 0 Å². The summed E-state index contributed by atoms with van der Waals surface area (Å²) >= 11 is 0. The highest BCUT2D eigenvalue weighted by molar-refractivity contribution is 6.43. The number of amides is 3. The number of imide groups is 1. The number of fused-ring (bicyclic) bond motifs is 2. The Labute approximate surface area is 453 Å². The standard InChI is InChI=1S/C65H64N6O7/c1-32(2)40-11-9-12-41(33(3)4)58(40)69-61(68)56-54-47(62(72)70-59-42(34(5)6)13-10-14-43(59)35(7)8)26-23-44-51-49(77-38-19-15-36(16-20-38)27-29-66)31-48-50-46(63(73)71-64(48)74)25-24-45(52(50)51)55(53(44)54)60(57(56)65(75)76)78-39-21-17-37(18-22-39)28-30-67/h9-26,31-35H,27-30,66-67H2,1-8H3,(H2,68,69)(H,70,72)(H,75,76)(H,71,73,74). The first-order valence-corrected chi connectivity index (χ1v) is 26.7. The number of carbonyl (C=O) groups excluding carboxylic acids is 3. The van der Waals surface area contributed by atoms with Crippen LogP contribution in [0.5, 0.6) is 23.0 Å². The SMILES string of the molecule is CC(C)c1cccc(C(C)C)c1NC(=N)c1c(C(=O)O)c(Oc2ccc(CCN)cc2)c2c3ccc4c5c(cc(Oc6ccc(CCN)cc6)c(c6ccc(C(=O)Nc7c(C(C)C)cccc7C(C)C)c1c62)c53)C(=O)NC4=O. The lowest BCUT2D eigenvalue weighted by molar-refractivity contribution is 0.0692. The van der Waals surface area contributed by atoms with E-state index < -0.39 is 29.3 Å². The molecule has 0 unspecified atom stereocenters. The zero-order valence-corrected chi connectivity index (χ0v) is 45.2. The van der Waals surface area contributed by atoms with Crippen LogP contribution < -0.4 is 36.9 Å². The number of carboxylic acids is 1. The van der Waals surface area contributed by atoms with Gasteiger partial charge in [0.2, 0.25) is 0 Å². The summed E-state index contributed by atoms with van der Waals surface area (Å²) in [6.45, 7) is 17.4. The molecule has 0 aliphatic carbocycles. The molecule has 1 heterocycles. The van der Waals surface area contributed by atoms with Crippen molar-refractivity contribution in [1.82, 2.24) is 5.32 Å². The number of hydrogen-bond acceptors (Lipinski definition) is 9. The van der Waals surface area contributed by atoms with Crippen molar-refractivity contribution in [2.75, 3.05) is 23.7 Å². The molecule has 0 bridgehead atoms. The van der Waals surface area contributed by atoms with E-state index in [9.17, 15) is 24.9 Å². The predicted molar refractivity (Wildman–Crippen MR) is 313 cm³/mol. The van der Waals surface area contributed by atoms with Gasteiger partial charge in [0, 0.05) is 60.4 Å². The molecule has 10 rings (SSSR count). The van der Waals surface area contributed by atoms with Crippen molar-refractivity contribution < 1.29 is 33.8 Å². The van der Waals surface area contributed by atoms with Gasteiger partial charge in [0.15, 0.2) is 5.75 Å². The highest BCUT2D eigenvalue weighted by Crippen LogP contribution is 2.53. The molecule has 0 saturated carbocycles. The summed E-state index contributed by atoms with van der Waals surface area (Å²) in [5.74, 6) is -2.58. The Balaban J connectivity index is 1.40. The molecule has 1 aliphatic rings. The maximum absolute atomic E-state index is 15.8. The van der Waals surface area contributed by atoms with Gasteiger partial charge in [-0.15, -0.1) is 0 Å². The molecule has 0 radical (unpaired) electrons. The lowest BCUT2D eigenvalue weighted by Crippen LogP contribution is -2.34. The third kappa shape index (κ3) is 9.22. The highest BCUT2D eigenvalue weighted by Gasteiger charge is 2.36. The fourth-order valence-corrected chi connectivity index (χ4v) is 11.3. The fraction of sp³-hybridized carbons (Fsp3) is 0.246. The Kier molecular flexibility index (Phi) is 14.2. The van der Waals surface area contributed by atoms with Crippen LogP contribution in [0, 0.1) is 5.41 Å². The molecule has 0 fully saturated rings. The van der Waals surface area contributed by atoms with Crippen molar-refractivity contribution in [3.8, 4) is 23.0 Å². The van der Waals surface area contributed by atoms with Gasteiger partial charge < -0.3 is 36.7 Å². The van der Waals surface area contributed by atoms with Crippen molar-refractivity contribution in [2.45, 2.75) is 91.9 Å². The van der Waals surface area contributed by atoms with E-state index in [1.165, 1.54) is 0 Å². The molecule has 13 nitrogen and oxygen atoms in total. The number of nitrogens with two attached hydrogens (primary N) is 2. The van der Waals surface area contributed by atoms with Crippen molar-refractivity contribution in [3.63, 3.8) is 0 Å². The predicted octanol–water partition coefficient (Wildman–Crippen LogP) is 14.1. The molecule has 13 heteroatoms. The molecule has 0 atom stereocenters. The number of benzene rings is 9. The normalized spacial score (nSPS) is 12.5. The molecule has 3 amide bonds. The lowest BCUT2D eigenvalue weighted by atomic mass is 9.81. The minimum absolute atomic E-state index is 0.00391. The number of anilines is 2. The zero-order chi connectivity index (χ0) is 55.4.